The van der Waals surface area contributed by atoms with Crippen molar-refractivity contribution >= 4 is 52.5 Å². The molecule has 9 unspecified atom stereocenters. The third-order valence-corrected chi connectivity index (χ3v) is 12.3. The molecule has 0 bridgehead atoms. The molecule has 3 aromatic carbocycles. The Bertz CT molecular complexity index is 2050. The van der Waals surface area contributed by atoms with Gasteiger partial charge in [0.25, 0.3) is 0 Å². The molecule has 3 heterocycles. The van der Waals surface area contributed by atoms with Crippen LogP contribution in [0, 0.1) is 29.4 Å². The smallest absolute Gasteiger partial charge is 0.335 e. The Labute approximate surface area is 341 Å². The summed E-state index contributed by atoms with van der Waals surface area (Å²) in [7, 11) is 0. The van der Waals surface area contributed by atoms with E-state index in [9.17, 15) is 43.3 Å². The Kier molecular flexibility index (Phi) is 14.4. The van der Waals surface area contributed by atoms with Crippen molar-refractivity contribution in [2.45, 2.75) is 109 Å². The van der Waals surface area contributed by atoms with Gasteiger partial charge in [-0.15, -0.1) is 0 Å². The first-order valence-corrected chi connectivity index (χ1v) is 20.5. The molecule has 2 fully saturated rings. The van der Waals surface area contributed by atoms with Crippen LogP contribution in [0.1, 0.15) is 117 Å². The van der Waals surface area contributed by atoms with Gasteiger partial charge in [-0.25, -0.2) is 28.0 Å². The van der Waals surface area contributed by atoms with Crippen LogP contribution in [-0.2, 0) is 14.4 Å². The average molecular weight is 824 g/mol. The van der Waals surface area contributed by atoms with Crippen molar-refractivity contribution < 1.29 is 48.4 Å². The van der Waals surface area contributed by atoms with Crippen molar-refractivity contribution in [2.75, 3.05) is 16.0 Å². The third-order valence-electron chi connectivity index (χ3n) is 11.9. The SMILES string of the molecule is CC.CC.O=C(O)C1Nc2ccc(F)c(Cl)c2C2CCCC12.O=C(O)C1Nc2ccc(F)cc2C2C=CCC12.O=C(O)c1ccc2c(c1)C1CCCC1C(C(=O)O)N2. The van der Waals surface area contributed by atoms with E-state index in [1.54, 1.807) is 24.3 Å². The normalized spacial score (nSPS) is 27.1. The van der Waals surface area contributed by atoms with Crippen molar-refractivity contribution in [3.8, 4) is 0 Å². The largest absolute Gasteiger partial charge is 0.480 e. The van der Waals surface area contributed by atoms with Crippen molar-refractivity contribution in [1.29, 1.82) is 0 Å². The minimum atomic E-state index is -0.947. The molecule has 11 nitrogen and oxygen atoms in total. The van der Waals surface area contributed by atoms with Gasteiger partial charge in [0.1, 0.15) is 29.8 Å². The highest BCUT2D eigenvalue weighted by molar-refractivity contribution is 6.32. The van der Waals surface area contributed by atoms with Crippen molar-refractivity contribution in [1.82, 2.24) is 0 Å². The maximum atomic E-state index is 13.5. The number of fused-ring (bicyclic) bond motifs is 9. The van der Waals surface area contributed by atoms with E-state index in [4.69, 9.17) is 16.7 Å². The Morgan fingerprint density at radius 2 is 1.16 bits per heavy atom. The molecular weight excluding hydrogens is 772 g/mol. The lowest BCUT2D eigenvalue weighted by molar-refractivity contribution is -0.140. The van der Waals surface area contributed by atoms with Crippen LogP contribution < -0.4 is 16.0 Å². The molecule has 0 aromatic heterocycles. The lowest BCUT2D eigenvalue weighted by atomic mass is 9.79. The highest BCUT2D eigenvalue weighted by atomic mass is 35.5. The van der Waals surface area contributed by atoms with E-state index in [2.05, 4.69) is 16.0 Å². The number of halogens is 3. The summed E-state index contributed by atoms with van der Waals surface area (Å²) in [5.74, 6) is -3.88. The minimum absolute atomic E-state index is 0.00861. The van der Waals surface area contributed by atoms with Crippen LogP contribution in [-0.4, -0.2) is 62.4 Å². The van der Waals surface area contributed by atoms with Crippen LogP contribution in [0.2, 0.25) is 5.02 Å². The minimum Gasteiger partial charge on any atom is -0.480 e. The fourth-order valence-electron chi connectivity index (χ4n) is 9.56. The van der Waals surface area contributed by atoms with E-state index in [0.717, 1.165) is 73.0 Å². The zero-order valence-corrected chi connectivity index (χ0v) is 33.7. The van der Waals surface area contributed by atoms with E-state index in [1.165, 1.54) is 24.3 Å². The molecule has 14 heteroatoms. The molecule has 2 saturated carbocycles. The van der Waals surface area contributed by atoms with Crippen molar-refractivity contribution in [3.05, 3.63) is 99.6 Å². The van der Waals surface area contributed by atoms with Gasteiger partial charge < -0.3 is 36.4 Å². The molecule has 3 aromatic rings. The zero-order valence-electron chi connectivity index (χ0n) is 33.0. The highest BCUT2D eigenvalue weighted by Crippen LogP contribution is 2.51. The fourth-order valence-corrected chi connectivity index (χ4v) is 9.86. The van der Waals surface area contributed by atoms with Gasteiger partial charge in [0.2, 0.25) is 0 Å². The predicted octanol–water partition coefficient (Wildman–Crippen LogP) is 9.81. The number of carbonyl (C=O) groups is 4. The summed E-state index contributed by atoms with van der Waals surface area (Å²) >= 11 is 6.04. The molecule has 3 aliphatic heterocycles. The second-order valence-electron chi connectivity index (χ2n) is 14.8. The summed E-state index contributed by atoms with van der Waals surface area (Å²) in [5, 5.41) is 46.0. The van der Waals surface area contributed by atoms with Gasteiger partial charge in [-0.05, 0) is 115 Å². The predicted molar refractivity (Wildman–Crippen MR) is 219 cm³/mol. The van der Waals surface area contributed by atoms with Gasteiger partial charge in [0.15, 0.2) is 0 Å². The summed E-state index contributed by atoms with van der Waals surface area (Å²) < 4.78 is 26.8. The molecule has 9 rings (SSSR count). The first-order chi connectivity index (χ1) is 27.8. The number of allylic oxidation sites excluding steroid dienone is 2. The number of benzene rings is 3. The van der Waals surface area contributed by atoms with Crippen LogP contribution in [0.15, 0.2) is 60.7 Å². The summed E-state index contributed by atoms with van der Waals surface area (Å²) in [6.45, 7) is 8.00. The Hall–Kier alpha value is -5.17. The van der Waals surface area contributed by atoms with Crippen LogP contribution >= 0.6 is 11.6 Å². The number of rotatable bonds is 4. The van der Waals surface area contributed by atoms with Crippen LogP contribution in [0.4, 0.5) is 25.8 Å². The average Bonchev–Trinajstić information content (AvgIpc) is 4.02. The second kappa shape index (κ2) is 19.1. The molecule has 9 atom stereocenters. The quantitative estimate of drug-likeness (QED) is 0.124. The second-order valence-corrected chi connectivity index (χ2v) is 15.2. The number of hydrogen-bond acceptors (Lipinski definition) is 7. The number of anilines is 3. The number of hydrogen-bond donors (Lipinski definition) is 7. The van der Waals surface area contributed by atoms with Gasteiger partial charge in [-0.3, -0.25) is 0 Å². The van der Waals surface area contributed by atoms with Gasteiger partial charge in [0.05, 0.1) is 10.6 Å². The molecule has 0 radical (unpaired) electrons. The number of carboxylic acid groups (broad SMARTS) is 4. The number of nitrogens with one attached hydrogen (secondary N) is 3. The topological polar surface area (TPSA) is 185 Å². The van der Waals surface area contributed by atoms with Gasteiger partial charge in [-0.1, -0.05) is 64.3 Å². The van der Waals surface area contributed by atoms with E-state index >= 15 is 0 Å². The van der Waals surface area contributed by atoms with Gasteiger partial charge in [-0.2, -0.15) is 0 Å². The van der Waals surface area contributed by atoms with Gasteiger partial charge >= 0.3 is 23.9 Å². The van der Waals surface area contributed by atoms with Crippen molar-refractivity contribution in [3.63, 3.8) is 0 Å². The molecular formula is C44H52ClF2N3O8. The molecule has 58 heavy (non-hydrogen) atoms. The maximum Gasteiger partial charge on any atom is 0.335 e. The lowest BCUT2D eigenvalue weighted by Crippen LogP contribution is -2.41. The highest BCUT2D eigenvalue weighted by Gasteiger charge is 2.45. The summed E-state index contributed by atoms with van der Waals surface area (Å²) in [5.41, 5.74) is 5.00. The summed E-state index contributed by atoms with van der Waals surface area (Å²) in [6.07, 6.45) is 10.2. The van der Waals surface area contributed by atoms with Gasteiger partial charge in [0, 0.05) is 34.5 Å². The molecule has 0 saturated heterocycles. The molecule has 7 N–H and O–H groups in total. The monoisotopic (exact) mass is 823 g/mol. The van der Waals surface area contributed by atoms with Crippen LogP contribution in [0.3, 0.4) is 0 Å². The number of aromatic carboxylic acids is 1. The number of aliphatic carboxylic acids is 3. The zero-order chi connectivity index (χ0) is 42.4. The Morgan fingerprint density at radius 1 is 0.638 bits per heavy atom. The van der Waals surface area contributed by atoms with Crippen LogP contribution in [0.25, 0.3) is 0 Å². The van der Waals surface area contributed by atoms with E-state index in [1.807, 2.05) is 39.8 Å². The van der Waals surface area contributed by atoms with Crippen molar-refractivity contribution in [2.24, 2.45) is 17.8 Å². The number of carboxylic acids is 4. The third kappa shape index (κ3) is 8.79. The molecule has 0 amide bonds. The Balaban J connectivity index is 0.000000159. The molecule has 3 aliphatic carbocycles. The fraction of sp³-hybridized carbons (Fsp3) is 0.455. The lowest BCUT2D eigenvalue weighted by Gasteiger charge is -2.35. The maximum absolute atomic E-state index is 13.5. The van der Waals surface area contributed by atoms with E-state index in [0.29, 0.717) is 5.69 Å². The Morgan fingerprint density at radius 3 is 1.76 bits per heavy atom. The first-order valence-electron chi connectivity index (χ1n) is 20.1. The molecule has 6 aliphatic rings. The molecule has 312 valence electrons. The summed E-state index contributed by atoms with van der Waals surface area (Å²) in [6, 6.07) is 10.5. The van der Waals surface area contributed by atoms with E-state index in [-0.39, 0.29) is 51.9 Å². The standard InChI is InChI=1S/C14H15NO4.C13H13ClFNO2.C13H12FNO2.2C2H6/c16-13(17)7-4-5-11-10(6-7)8-2-1-3-9(8)12(15-11)14(18)19;14-11-8(15)4-5-9-10(11)6-2-1-3-7(6)12(16-9)13(17)18;14-7-4-5-11-10(6-7)8-2-1-3-9(8)12(15-11)13(16)17;2*1-2/h4-6,8-9,12,15H,1-3H2,(H,16,17)(H,18,19);4-7,12,16H,1-3H2,(H,17,18);1-2,4-6,8-9,12,15H,3H2,(H,16,17);2*1-2H3. The van der Waals surface area contributed by atoms with Crippen LogP contribution in [0.5, 0.6) is 0 Å². The van der Waals surface area contributed by atoms with E-state index < -0.39 is 47.8 Å². The first kappa shape index (κ1) is 43.9. The molecule has 0 spiro atoms. The summed E-state index contributed by atoms with van der Waals surface area (Å²) in [4.78, 5) is 44.9.